The molecule has 53 heavy (non-hydrogen) atoms. The van der Waals surface area contributed by atoms with Crippen molar-refractivity contribution in [2.75, 3.05) is 33.3 Å². The van der Waals surface area contributed by atoms with E-state index in [0.29, 0.717) is 16.7 Å². The Morgan fingerprint density at radius 3 is 2.32 bits per heavy atom. The van der Waals surface area contributed by atoms with Gasteiger partial charge in [0, 0.05) is 64.7 Å². The van der Waals surface area contributed by atoms with Crippen LogP contribution in [0.15, 0.2) is 100 Å². The molecular weight excluding hydrogens is 710 g/mol. The van der Waals surface area contributed by atoms with Gasteiger partial charge < -0.3 is 19.1 Å². The zero-order chi connectivity index (χ0) is 54.3. The van der Waals surface area contributed by atoms with Crippen LogP contribution in [-0.4, -0.2) is 59.6 Å². The molecule has 1 fully saturated rings. The lowest BCUT2D eigenvalue weighted by atomic mass is 10.00. The molecule has 5 aromatic rings. The lowest BCUT2D eigenvalue weighted by Crippen LogP contribution is -2.48. The number of pyridine rings is 1. The minimum Gasteiger partial charge on any atom is -0.383 e. The third-order valence-electron chi connectivity index (χ3n) is 7.92. The second-order valence-corrected chi connectivity index (χ2v) is 12.5. The van der Waals surface area contributed by atoms with Gasteiger partial charge >= 0.3 is 6.18 Å². The number of rotatable bonds is 12. The van der Waals surface area contributed by atoms with Gasteiger partial charge in [0.25, 0.3) is 0 Å². The monoisotopic (exact) mass is 768 g/mol. The summed E-state index contributed by atoms with van der Waals surface area (Å²) in [4.78, 5) is 31.0. The maximum Gasteiger partial charge on any atom is 0.416 e. The molecule has 1 amide bonds. The van der Waals surface area contributed by atoms with Crippen LogP contribution in [0.4, 0.5) is 22.0 Å². The smallest absolute Gasteiger partial charge is 0.383 e. The van der Waals surface area contributed by atoms with Crippen LogP contribution in [0.3, 0.4) is 0 Å². The molecule has 1 aliphatic heterocycles. The SMILES string of the molecule is [2H]c1c([2H])c(F)c(F)c(CSc2c([2H])c(=O)c3c([2H])c(C)c([2H])c([2H])c3n2CC(=O)N(C2CCN(C([2H])([2H])COC)CC2)C([2H])([2H])c2c([2H])c([2H])c(-c3c([2H])c([2H])c(C(F)(F)F)c([2H])c3[2H])c([2H])c2[2H])c1[2H]. The Morgan fingerprint density at radius 1 is 0.981 bits per heavy atom. The fourth-order valence-electron chi connectivity index (χ4n) is 5.30. The molecule has 1 aromatic heterocycles. The van der Waals surface area contributed by atoms with E-state index in [9.17, 15) is 25.1 Å². The van der Waals surface area contributed by atoms with Crippen LogP contribution in [0.5, 0.6) is 0 Å². The van der Waals surface area contributed by atoms with E-state index in [1.54, 1.807) is 0 Å². The van der Waals surface area contributed by atoms with Gasteiger partial charge in [-0.15, -0.1) is 11.8 Å². The number of nitrogens with zero attached hydrogens (tertiary/aromatic N) is 3. The van der Waals surface area contributed by atoms with Crippen molar-refractivity contribution >= 4 is 28.6 Å². The minimum absolute atomic E-state index is 0.216. The zero-order valence-corrected chi connectivity index (χ0v) is 28.7. The van der Waals surface area contributed by atoms with Gasteiger partial charge in [-0.3, -0.25) is 9.59 Å². The number of piperidine rings is 1. The molecule has 0 bridgehead atoms. The van der Waals surface area contributed by atoms with E-state index in [2.05, 4.69) is 0 Å². The number of carbonyl (C=O) groups is 1. The standard InChI is InChI=1S/C41H40F5N3O3S/c1-27-6-15-36-34(22-27)37(50)23-39(53-26-31-4-3-5-35(42)40(31)43)49(36)25-38(51)48(33-16-18-47(19-17-33)20-21-52-2)24-28-7-9-29(10-8-28)30-11-13-32(14-12-30)41(44,45)46/h3-15,22-23,33H,16-21,24-26H2,1-2H3/i3D,4D,5D,6D,7D,8D,9D,10D,11D,12D,13D,14D,15D,20D2,22D,23D,24D2. The van der Waals surface area contributed by atoms with Crippen LogP contribution in [0, 0.1) is 18.6 Å². The van der Waals surface area contributed by atoms with Crippen LogP contribution in [0.1, 0.15) is 61.1 Å². The fraction of sp³-hybridized carbons (Fsp3) is 0.317. The van der Waals surface area contributed by atoms with Gasteiger partial charge in [0.2, 0.25) is 5.91 Å². The topological polar surface area (TPSA) is 54.8 Å². The van der Waals surface area contributed by atoms with Crippen molar-refractivity contribution in [3.63, 3.8) is 0 Å². The van der Waals surface area contributed by atoms with E-state index in [1.807, 2.05) is 0 Å². The molecule has 0 atom stereocenters. The summed E-state index contributed by atoms with van der Waals surface area (Å²) in [5.41, 5.74) is -8.34. The van der Waals surface area contributed by atoms with E-state index >= 15 is 9.18 Å². The molecule has 1 saturated heterocycles. The van der Waals surface area contributed by atoms with Crippen molar-refractivity contribution in [1.82, 2.24) is 14.4 Å². The first kappa shape index (κ1) is 20.8. The number of ether oxygens (including phenoxy) is 1. The summed E-state index contributed by atoms with van der Waals surface area (Å²) in [6.07, 6.45) is -6.00. The highest BCUT2D eigenvalue weighted by Crippen LogP contribution is 2.32. The van der Waals surface area contributed by atoms with E-state index in [-0.39, 0.29) is 31.5 Å². The Balaban J connectivity index is 1.61. The van der Waals surface area contributed by atoms with Crippen LogP contribution >= 0.6 is 11.8 Å². The number of carbonyl (C=O) groups excluding carboxylic acids is 1. The summed E-state index contributed by atoms with van der Waals surface area (Å²) in [6, 6.07) is -19.1. The molecule has 0 spiro atoms. The van der Waals surface area contributed by atoms with Gasteiger partial charge in [-0.2, -0.15) is 13.2 Å². The summed E-state index contributed by atoms with van der Waals surface area (Å²) in [7, 11) is 1.24. The summed E-state index contributed by atoms with van der Waals surface area (Å²) in [6.45, 7) is -6.60. The molecule has 0 N–H and O–H groups in total. The fourth-order valence-corrected chi connectivity index (χ4v) is 6.25. The van der Waals surface area contributed by atoms with Gasteiger partial charge in [0.05, 0.1) is 46.0 Å². The number of methoxy groups -OCH3 is 1. The van der Waals surface area contributed by atoms with Crippen LogP contribution < -0.4 is 5.43 Å². The Bertz CT molecular complexity index is 3070. The molecule has 0 aliphatic carbocycles. The first-order valence-corrected chi connectivity index (χ1v) is 16.7. The van der Waals surface area contributed by atoms with Crippen molar-refractivity contribution in [3.8, 4) is 11.1 Å². The molecule has 6 rings (SSSR count). The summed E-state index contributed by atoms with van der Waals surface area (Å²) in [5, 5.41) is -1.34. The molecule has 4 aromatic carbocycles. The highest BCUT2D eigenvalue weighted by molar-refractivity contribution is 7.98. The molecule has 1 aliphatic rings. The van der Waals surface area contributed by atoms with Crippen LogP contribution in [0.2, 0.25) is 0 Å². The van der Waals surface area contributed by atoms with Gasteiger partial charge in [-0.1, -0.05) is 59.9 Å². The van der Waals surface area contributed by atoms with Crippen molar-refractivity contribution < 1.29 is 57.5 Å². The second-order valence-electron chi connectivity index (χ2n) is 11.5. The molecule has 0 radical (unpaired) electrons. The third kappa shape index (κ3) is 9.17. The highest BCUT2D eigenvalue weighted by Gasteiger charge is 2.31. The number of halogens is 5. The summed E-state index contributed by atoms with van der Waals surface area (Å²) in [5.74, 6) is -5.85. The molecule has 0 saturated carbocycles. The first-order valence-electron chi connectivity index (χ1n) is 25.2. The number of likely N-dealkylation sites (tertiary alicyclic amines) is 1. The normalized spacial score (nSPS) is 19.8. The lowest BCUT2D eigenvalue weighted by Gasteiger charge is -2.39. The summed E-state index contributed by atoms with van der Waals surface area (Å²) < 4.78 is 241. The predicted octanol–water partition coefficient (Wildman–Crippen LogP) is 8.71. The lowest BCUT2D eigenvalue weighted by molar-refractivity contribution is -0.137. The number of amides is 1. The molecule has 278 valence electrons. The maximum atomic E-state index is 15.3. The number of thioether (sulfide) groups is 1. The molecule has 2 heterocycles. The van der Waals surface area contributed by atoms with E-state index < -0.39 is 201 Å². The first-order chi connectivity index (χ1) is 33.2. The van der Waals surface area contributed by atoms with Crippen molar-refractivity contribution in [2.24, 2.45) is 0 Å². The van der Waals surface area contributed by atoms with E-state index in [1.165, 1.54) is 18.9 Å². The largest absolute Gasteiger partial charge is 0.416 e. The Hall–Kier alpha value is -4.52. The summed E-state index contributed by atoms with van der Waals surface area (Å²) >= 11 is 0.292. The number of aromatic nitrogens is 1. The Labute approximate surface area is 335 Å². The Morgan fingerprint density at radius 2 is 1.66 bits per heavy atom. The zero-order valence-electron chi connectivity index (χ0n) is 46.9. The molecule has 0 unspecified atom stereocenters. The number of fused-ring (bicyclic) bond motifs is 1. The van der Waals surface area contributed by atoms with Gasteiger partial charge in [-0.05, 0) is 66.7 Å². The number of hydrogen-bond acceptors (Lipinski definition) is 5. The number of benzene rings is 4. The van der Waals surface area contributed by atoms with E-state index in [4.69, 9.17) is 28.0 Å². The Kier molecular flexibility index (Phi) is 6.54. The van der Waals surface area contributed by atoms with Gasteiger partial charge in [0.1, 0.15) is 6.54 Å². The number of hydrogen-bond donors (Lipinski definition) is 0. The average molecular weight is 769 g/mol. The molecule has 12 heteroatoms. The highest BCUT2D eigenvalue weighted by atomic mass is 32.2. The average Bonchev–Trinajstić information content (AvgIpc) is 3.30. The maximum absolute atomic E-state index is 15.3. The van der Waals surface area contributed by atoms with Crippen molar-refractivity contribution in [3.05, 3.63) is 135 Å². The van der Waals surface area contributed by atoms with Gasteiger partial charge in [-0.25, -0.2) is 8.78 Å². The van der Waals surface area contributed by atoms with E-state index in [0.717, 1.165) is 4.57 Å². The van der Waals surface area contributed by atoms with Crippen molar-refractivity contribution in [1.29, 1.82) is 0 Å². The second kappa shape index (κ2) is 16.7. The van der Waals surface area contributed by atoms with Gasteiger partial charge in [0.15, 0.2) is 17.1 Å². The van der Waals surface area contributed by atoms with Crippen molar-refractivity contribution in [2.45, 2.75) is 55.8 Å². The quantitative estimate of drug-likeness (QED) is 0.0940. The predicted molar refractivity (Wildman–Crippen MR) is 198 cm³/mol. The third-order valence-corrected chi connectivity index (χ3v) is 8.95. The minimum atomic E-state index is -5.41. The van der Waals surface area contributed by atoms with Crippen LogP contribution in [0.25, 0.3) is 22.0 Å². The van der Waals surface area contributed by atoms with Crippen LogP contribution in [-0.2, 0) is 34.5 Å². The number of alkyl halides is 3. The molecule has 6 nitrogen and oxygen atoms in total. The molecular formula is C41H40F5N3O3S.